The first-order valence-corrected chi connectivity index (χ1v) is 9.24. The van der Waals surface area contributed by atoms with Gasteiger partial charge in [-0.1, -0.05) is 48.0 Å². The normalized spacial score (nSPS) is 12.2. The molecule has 4 aromatic rings. The molecule has 2 aromatic carbocycles. The Balaban J connectivity index is 1.86. The van der Waals surface area contributed by atoms with Crippen molar-refractivity contribution in [3.8, 4) is 5.75 Å². The number of phenolic OH excluding ortho intramolecular Hbond substituents is 1. The van der Waals surface area contributed by atoms with Crippen molar-refractivity contribution in [3.63, 3.8) is 0 Å². The highest BCUT2D eigenvalue weighted by Gasteiger charge is 2.21. The number of hydrogen-bond acceptors (Lipinski definition) is 3. The van der Waals surface area contributed by atoms with Crippen LogP contribution in [0.5, 0.6) is 5.75 Å². The standard InChI is InChI=1S/C23H19ClN2O/c1-15-5-6-17-9-12-20(23(27)22(17)26-15)21(14-19-4-2-3-13-25-19)16-7-10-18(24)11-8-16/h2-13,21,27H,14H2,1H3. The van der Waals surface area contributed by atoms with Gasteiger partial charge in [0.25, 0.3) is 0 Å². The van der Waals surface area contributed by atoms with E-state index in [4.69, 9.17) is 11.6 Å². The number of nitrogens with zero attached hydrogens (tertiary/aromatic N) is 2. The molecule has 0 saturated carbocycles. The van der Waals surface area contributed by atoms with Gasteiger partial charge in [0, 0.05) is 45.9 Å². The molecule has 0 fully saturated rings. The summed E-state index contributed by atoms with van der Waals surface area (Å²) >= 11 is 6.08. The predicted molar refractivity (Wildman–Crippen MR) is 109 cm³/mol. The topological polar surface area (TPSA) is 46.0 Å². The minimum absolute atomic E-state index is 0.0520. The summed E-state index contributed by atoms with van der Waals surface area (Å²) < 4.78 is 0. The largest absolute Gasteiger partial charge is 0.505 e. The Kier molecular flexibility index (Phi) is 4.78. The lowest BCUT2D eigenvalue weighted by atomic mass is 9.86. The van der Waals surface area contributed by atoms with Crippen molar-refractivity contribution in [1.29, 1.82) is 0 Å². The summed E-state index contributed by atoms with van der Waals surface area (Å²) in [5.74, 6) is 0.177. The summed E-state index contributed by atoms with van der Waals surface area (Å²) in [4.78, 5) is 9.02. The first-order chi connectivity index (χ1) is 13.1. The Labute approximate surface area is 163 Å². The highest BCUT2D eigenvalue weighted by atomic mass is 35.5. The van der Waals surface area contributed by atoms with Gasteiger partial charge in [-0.15, -0.1) is 0 Å². The number of halogens is 1. The van der Waals surface area contributed by atoms with E-state index in [-0.39, 0.29) is 11.7 Å². The Morgan fingerprint density at radius 1 is 0.963 bits per heavy atom. The summed E-state index contributed by atoms with van der Waals surface area (Å²) in [6.07, 6.45) is 2.47. The van der Waals surface area contributed by atoms with E-state index in [1.807, 2.05) is 73.7 Å². The third-order valence-electron chi connectivity index (χ3n) is 4.79. The molecule has 0 radical (unpaired) electrons. The smallest absolute Gasteiger partial charge is 0.145 e. The summed E-state index contributed by atoms with van der Waals surface area (Å²) in [5, 5.41) is 12.6. The second-order valence-electron chi connectivity index (χ2n) is 6.66. The summed E-state index contributed by atoms with van der Waals surface area (Å²) in [6.45, 7) is 1.93. The van der Waals surface area contributed by atoms with Gasteiger partial charge in [0.2, 0.25) is 0 Å². The molecule has 0 aliphatic carbocycles. The molecule has 0 saturated heterocycles. The fourth-order valence-electron chi connectivity index (χ4n) is 3.40. The highest BCUT2D eigenvalue weighted by Crippen LogP contribution is 2.38. The third-order valence-corrected chi connectivity index (χ3v) is 5.05. The van der Waals surface area contributed by atoms with Gasteiger partial charge in [0.15, 0.2) is 0 Å². The zero-order valence-corrected chi connectivity index (χ0v) is 15.7. The van der Waals surface area contributed by atoms with Gasteiger partial charge in [0.1, 0.15) is 11.3 Å². The van der Waals surface area contributed by atoms with Crippen LogP contribution in [0.25, 0.3) is 10.9 Å². The van der Waals surface area contributed by atoms with Gasteiger partial charge in [-0.3, -0.25) is 4.98 Å². The fraction of sp³-hybridized carbons (Fsp3) is 0.130. The van der Waals surface area contributed by atoms with E-state index < -0.39 is 0 Å². The zero-order chi connectivity index (χ0) is 18.8. The highest BCUT2D eigenvalue weighted by molar-refractivity contribution is 6.30. The second-order valence-corrected chi connectivity index (χ2v) is 7.09. The summed E-state index contributed by atoms with van der Waals surface area (Å²) in [6, 6.07) is 21.6. The third kappa shape index (κ3) is 3.64. The SMILES string of the molecule is Cc1ccc2ccc(C(Cc3ccccn3)c3ccc(Cl)cc3)c(O)c2n1. The van der Waals surface area contributed by atoms with E-state index in [0.717, 1.165) is 27.9 Å². The van der Waals surface area contributed by atoms with E-state index >= 15 is 0 Å². The molecular formula is C23H19ClN2O. The van der Waals surface area contributed by atoms with Crippen molar-refractivity contribution >= 4 is 22.5 Å². The average Bonchev–Trinajstić information content (AvgIpc) is 2.69. The van der Waals surface area contributed by atoms with Crippen LogP contribution in [-0.4, -0.2) is 15.1 Å². The molecule has 4 rings (SSSR count). The maximum atomic E-state index is 11.0. The molecule has 27 heavy (non-hydrogen) atoms. The first-order valence-electron chi connectivity index (χ1n) is 8.86. The molecule has 0 amide bonds. The Hall–Kier alpha value is -2.91. The van der Waals surface area contributed by atoms with Crippen LogP contribution in [0.2, 0.25) is 5.02 Å². The maximum Gasteiger partial charge on any atom is 0.145 e. The minimum Gasteiger partial charge on any atom is -0.505 e. The van der Waals surface area contributed by atoms with Crippen molar-refractivity contribution in [1.82, 2.24) is 9.97 Å². The lowest BCUT2D eigenvalue weighted by Crippen LogP contribution is -2.07. The number of phenols is 1. The number of benzene rings is 2. The zero-order valence-electron chi connectivity index (χ0n) is 14.9. The lowest BCUT2D eigenvalue weighted by Gasteiger charge is -2.20. The number of aromatic hydroxyl groups is 1. The van der Waals surface area contributed by atoms with E-state index in [1.165, 1.54) is 0 Å². The number of fused-ring (bicyclic) bond motifs is 1. The van der Waals surface area contributed by atoms with Crippen LogP contribution in [0.1, 0.15) is 28.4 Å². The molecule has 3 nitrogen and oxygen atoms in total. The number of hydrogen-bond donors (Lipinski definition) is 1. The van der Waals surface area contributed by atoms with Gasteiger partial charge >= 0.3 is 0 Å². The fourth-order valence-corrected chi connectivity index (χ4v) is 3.52. The second kappa shape index (κ2) is 7.37. The van der Waals surface area contributed by atoms with Crippen LogP contribution >= 0.6 is 11.6 Å². The number of aromatic nitrogens is 2. The number of rotatable bonds is 4. The molecule has 2 heterocycles. The van der Waals surface area contributed by atoms with Crippen molar-refractivity contribution < 1.29 is 5.11 Å². The predicted octanol–water partition coefficient (Wildman–Crippen LogP) is 5.67. The van der Waals surface area contributed by atoms with Crippen LogP contribution in [-0.2, 0) is 6.42 Å². The molecular weight excluding hydrogens is 356 g/mol. The van der Waals surface area contributed by atoms with Gasteiger partial charge in [-0.05, 0) is 42.8 Å². The molecule has 1 unspecified atom stereocenters. The molecule has 0 aliphatic rings. The van der Waals surface area contributed by atoms with Gasteiger partial charge in [-0.2, -0.15) is 0 Å². The Bertz CT molecular complexity index is 1080. The van der Waals surface area contributed by atoms with Crippen LogP contribution < -0.4 is 0 Å². The van der Waals surface area contributed by atoms with E-state index in [9.17, 15) is 5.11 Å². The molecule has 134 valence electrons. The minimum atomic E-state index is -0.0520. The monoisotopic (exact) mass is 374 g/mol. The number of aryl methyl sites for hydroxylation is 1. The van der Waals surface area contributed by atoms with Crippen molar-refractivity contribution in [2.75, 3.05) is 0 Å². The molecule has 1 atom stereocenters. The van der Waals surface area contributed by atoms with E-state index in [0.29, 0.717) is 17.0 Å². The van der Waals surface area contributed by atoms with E-state index in [2.05, 4.69) is 9.97 Å². The Morgan fingerprint density at radius 2 is 1.74 bits per heavy atom. The molecule has 4 heteroatoms. The van der Waals surface area contributed by atoms with Crippen LogP contribution in [0.3, 0.4) is 0 Å². The van der Waals surface area contributed by atoms with Crippen molar-refractivity contribution in [2.45, 2.75) is 19.3 Å². The Morgan fingerprint density at radius 3 is 2.48 bits per heavy atom. The van der Waals surface area contributed by atoms with Gasteiger partial charge in [0.05, 0.1) is 0 Å². The quantitative estimate of drug-likeness (QED) is 0.500. The van der Waals surface area contributed by atoms with Crippen LogP contribution in [0.15, 0.2) is 72.9 Å². The van der Waals surface area contributed by atoms with Crippen LogP contribution in [0, 0.1) is 6.92 Å². The summed E-state index contributed by atoms with van der Waals surface area (Å²) in [7, 11) is 0. The van der Waals surface area contributed by atoms with Gasteiger partial charge < -0.3 is 5.11 Å². The van der Waals surface area contributed by atoms with Crippen molar-refractivity contribution in [3.05, 3.63) is 100 Å². The van der Waals surface area contributed by atoms with Gasteiger partial charge in [-0.25, -0.2) is 4.98 Å². The average molecular weight is 375 g/mol. The van der Waals surface area contributed by atoms with Crippen LogP contribution in [0.4, 0.5) is 0 Å². The maximum absolute atomic E-state index is 11.0. The first kappa shape index (κ1) is 17.5. The number of pyridine rings is 2. The molecule has 2 aromatic heterocycles. The molecule has 0 bridgehead atoms. The van der Waals surface area contributed by atoms with Crippen molar-refractivity contribution in [2.24, 2.45) is 0 Å². The lowest BCUT2D eigenvalue weighted by molar-refractivity contribution is 0.469. The van der Waals surface area contributed by atoms with E-state index in [1.54, 1.807) is 6.20 Å². The molecule has 0 spiro atoms. The molecule has 1 N–H and O–H groups in total. The summed E-state index contributed by atoms with van der Waals surface area (Å²) in [5.41, 5.74) is 4.39. The molecule has 0 aliphatic heterocycles.